The third-order valence-corrected chi connectivity index (χ3v) is 5.11. The Labute approximate surface area is 176 Å². The average molecular weight is 421 g/mol. The third-order valence-electron chi connectivity index (χ3n) is 4.87. The topological polar surface area (TPSA) is 99.3 Å². The molecule has 150 valence electrons. The molecule has 30 heavy (non-hydrogen) atoms. The van der Waals surface area contributed by atoms with E-state index in [9.17, 15) is 14.4 Å². The molecule has 6 nitrogen and oxygen atoms in total. The number of pyridine rings is 1. The number of aliphatic carboxylic acids is 1. The highest BCUT2D eigenvalue weighted by atomic mass is 35.5. The van der Waals surface area contributed by atoms with Crippen LogP contribution in [0, 0.1) is 0 Å². The number of nitrogens with one attached hydrogen (secondary N) is 2. The summed E-state index contributed by atoms with van der Waals surface area (Å²) in [6.45, 7) is 0. The summed E-state index contributed by atoms with van der Waals surface area (Å²) < 4.78 is 0. The number of benzene rings is 3. The van der Waals surface area contributed by atoms with E-state index in [4.69, 9.17) is 16.7 Å². The summed E-state index contributed by atoms with van der Waals surface area (Å²) in [5.41, 5.74) is 1.94. The number of hydrogen-bond donors (Lipinski definition) is 3. The number of halogens is 1. The lowest BCUT2D eigenvalue weighted by molar-refractivity contribution is -0.138. The Hall–Kier alpha value is -3.64. The van der Waals surface area contributed by atoms with Gasteiger partial charge in [-0.15, -0.1) is 0 Å². The second kappa shape index (κ2) is 8.00. The van der Waals surface area contributed by atoms with E-state index in [0.29, 0.717) is 16.1 Å². The lowest BCUT2D eigenvalue weighted by atomic mass is 9.96. The zero-order valence-electron chi connectivity index (χ0n) is 15.7. The normalized spacial score (nSPS) is 11.0. The fraction of sp³-hybridized carbons (Fsp3) is 0.0870. The maximum Gasteiger partial charge on any atom is 0.303 e. The second-order valence-electron chi connectivity index (χ2n) is 6.91. The zero-order valence-corrected chi connectivity index (χ0v) is 16.5. The van der Waals surface area contributed by atoms with Crippen LogP contribution >= 0.6 is 11.6 Å². The highest BCUT2D eigenvalue weighted by Gasteiger charge is 2.12. The van der Waals surface area contributed by atoms with Crippen LogP contribution in [-0.2, 0) is 9.59 Å². The fourth-order valence-electron chi connectivity index (χ4n) is 3.50. The number of H-pyrrole nitrogens is 1. The Morgan fingerprint density at radius 3 is 2.60 bits per heavy atom. The summed E-state index contributed by atoms with van der Waals surface area (Å²) in [7, 11) is 0. The molecule has 1 heterocycles. The Balaban J connectivity index is 1.79. The molecule has 4 aromatic rings. The molecule has 0 unspecified atom stereocenters. The predicted octanol–water partition coefficient (Wildman–Crippen LogP) is 4.81. The van der Waals surface area contributed by atoms with Gasteiger partial charge in [0.05, 0.1) is 11.8 Å². The molecule has 0 aliphatic heterocycles. The van der Waals surface area contributed by atoms with Crippen molar-refractivity contribution in [2.75, 3.05) is 5.32 Å². The first-order chi connectivity index (χ1) is 14.4. The molecular weight excluding hydrogens is 404 g/mol. The van der Waals surface area contributed by atoms with Crippen LogP contribution in [0.2, 0.25) is 5.02 Å². The van der Waals surface area contributed by atoms with Gasteiger partial charge in [-0.25, -0.2) is 0 Å². The Kier molecular flexibility index (Phi) is 5.25. The molecule has 3 aromatic carbocycles. The van der Waals surface area contributed by atoms with Crippen LogP contribution < -0.4 is 10.9 Å². The van der Waals surface area contributed by atoms with Crippen molar-refractivity contribution in [1.29, 1.82) is 0 Å². The Morgan fingerprint density at radius 2 is 1.80 bits per heavy atom. The number of rotatable bonds is 5. The van der Waals surface area contributed by atoms with Gasteiger partial charge in [-0.05, 0) is 46.0 Å². The van der Waals surface area contributed by atoms with Crippen molar-refractivity contribution in [3.8, 4) is 11.1 Å². The maximum absolute atomic E-state index is 12.6. The van der Waals surface area contributed by atoms with Crippen LogP contribution in [0.1, 0.15) is 12.8 Å². The Bertz CT molecular complexity index is 1360. The third kappa shape index (κ3) is 3.90. The molecule has 0 aliphatic rings. The van der Waals surface area contributed by atoms with Crippen molar-refractivity contribution in [2.24, 2.45) is 0 Å². The summed E-state index contributed by atoms with van der Waals surface area (Å²) in [6, 6.07) is 16.4. The highest BCUT2D eigenvalue weighted by molar-refractivity contribution is 6.32. The van der Waals surface area contributed by atoms with Crippen LogP contribution in [0.5, 0.6) is 0 Å². The zero-order chi connectivity index (χ0) is 21.3. The standard InChI is InChI=1S/C23H17ClN2O4/c24-15-6-4-13-5-7-17-19(12-25-23(30)22(17)18(13)11-15)14-2-1-3-16(10-14)26-20(27)8-9-21(28)29/h1-7,10-12H,8-9H2,(H,25,30)(H,26,27)(H,28,29). The van der Waals surface area contributed by atoms with Crippen LogP contribution in [0.4, 0.5) is 5.69 Å². The van der Waals surface area contributed by atoms with E-state index >= 15 is 0 Å². The van der Waals surface area contributed by atoms with E-state index in [1.165, 1.54) is 0 Å². The number of carbonyl (C=O) groups excluding carboxylic acids is 1. The molecule has 0 spiro atoms. The SMILES string of the molecule is O=C(O)CCC(=O)Nc1cccc(-c2c[nH]c(=O)c3c2ccc2ccc(Cl)cc23)c1. The summed E-state index contributed by atoms with van der Waals surface area (Å²) in [5.74, 6) is -1.40. The van der Waals surface area contributed by atoms with E-state index in [1.807, 2.05) is 24.3 Å². The van der Waals surface area contributed by atoms with Crippen molar-refractivity contribution in [2.45, 2.75) is 12.8 Å². The van der Waals surface area contributed by atoms with Crippen molar-refractivity contribution in [1.82, 2.24) is 4.98 Å². The van der Waals surface area contributed by atoms with Crippen molar-refractivity contribution < 1.29 is 14.7 Å². The number of carboxylic acid groups (broad SMARTS) is 1. The molecular formula is C23H17ClN2O4. The molecule has 0 aliphatic carbocycles. The molecule has 1 amide bonds. The quantitative estimate of drug-likeness (QED) is 0.403. The van der Waals surface area contributed by atoms with Gasteiger partial charge in [0.1, 0.15) is 0 Å². The minimum Gasteiger partial charge on any atom is -0.481 e. The number of aromatic amines is 1. The summed E-state index contributed by atoms with van der Waals surface area (Å²) in [4.78, 5) is 38.0. The van der Waals surface area contributed by atoms with Gasteiger partial charge in [-0.1, -0.05) is 41.9 Å². The van der Waals surface area contributed by atoms with Gasteiger partial charge in [0.2, 0.25) is 5.91 Å². The number of carbonyl (C=O) groups is 2. The van der Waals surface area contributed by atoms with Gasteiger partial charge in [-0.3, -0.25) is 14.4 Å². The first-order valence-electron chi connectivity index (χ1n) is 9.28. The van der Waals surface area contributed by atoms with Crippen LogP contribution in [0.25, 0.3) is 32.7 Å². The number of anilines is 1. The summed E-state index contributed by atoms with van der Waals surface area (Å²) in [6.07, 6.45) is 1.31. The smallest absolute Gasteiger partial charge is 0.303 e. The summed E-state index contributed by atoms with van der Waals surface area (Å²) >= 11 is 6.15. The Morgan fingerprint density at radius 1 is 1.00 bits per heavy atom. The van der Waals surface area contributed by atoms with E-state index in [0.717, 1.165) is 27.3 Å². The van der Waals surface area contributed by atoms with Gasteiger partial charge < -0.3 is 15.4 Å². The molecule has 7 heteroatoms. The van der Waals surface area contributed by atoms with Crippen molar-refractivity contribution in [3.63, 3.8) is 0 Å². The monoisotopic (exact) mass is 420 g/mol. The van der Waals surface area contributed by atoms with Gasteiger partial charge in [0.15, 0.2) is 0 Å². The number of hydrogen-bond acceptors (Lipinski definition) is 3. The molecule has 0 fully saturated rings. The molecule has 0 saturated carbocycles. The van der Waals surface area contributed by atoms with Crippen molar-refractivity contribution in [3.05, 3.63) is 76.2 Å². The van der Waals surface area contributed by atoms with Gasteiger partial charge in [-0.2, -0.15) is 0 Å². The lowest BCUT2D eigenvalue weighted by Crippen LogP contribution is -2.13. The number of fused-ring (bicyclic) bond motifs is 3. The number of amides is 1. The van der Waals surface area contributed by atoms with Gasteiger partial charge in [0.25, 0.3) is 5.56 Å². The van der Waals surface area contributed by atoms with Gasteiger partial charge in [0, 0.05) is 28.9 Å². The minimum absolute atomic E-state index is 0.103. The van der Waals surface area contributed by atoms with Crippen LogP contribution in [0.3, 0.4) is 0 Å². The van der Waals surface area contributed by atoms with E-state index < -0.39 is 5.97 Å². The first-order valence-corrected chi connectivity index (χ1v) is 9.66. The van der Waals surface area contributed by atoms with Crippen LogP contribution in [0.15, 0.2) is 65.6 Å². The number of aromatic nitrogens is 1. The minimum atomic E-state index is -1.02. The molecule has 1 aromatic heterocycles. The molecule has 0 radical (unpaired) electrons. The first kappa shape index (κ1) is 19.7. The summed E-state index contributed by atoms with van der Waals surface area (Å²) in [5, 5.41) is 15.0. The molecule has 0 saturated heterocycles. The second-order valence-corrected chi connectivity index (χ2v) is 7.34. The molecule has 0 bridgehead atoms. The molecule has 0 atom stereocenters. The van der Waals surface area contributed by atoms with E-state index in [2.05, 4.69) is 10.3 Å². The van der Waals surface area contributed by atoms with Gasteiger partial charge >= 0.3 is 5.97 Å². The van der Waals surface area contributed by atoms with Crippen molar-refractivity contribution >= 4 is 50.7 Å². The fourth-order valence-corrected chi connectivity index (χ4v) is 3.67. The lowest BCUT2D eigenvalue weighted by Gasteiger charge is -2.11. The average Bonchev–Trinajstić information content (AvgIpc) is 2.72. The predicted molar refractivity (Wildman–Crippen MR) is 118 cm³/mol. The highest BCUT2D eigenvalue weighted by Crippen LogP contribution is 2.32. The van der Waals surface area contributed by atoms with E-state index in [-0.39, 0.29) is 24.3 Å². The largest absolute Gasteiger partial charge is 0.481 e. The van der Waals surface area contributed by atoms with Crippen LogP contribution in [-0.4, -0.2) is 22.0 Å². The van der Waals surface area contributed by atoms with E-state index in [1.54, 1.807) is 36.5 Å². The molecule has 4 rings (SSSR count). The maximum atomic E-state index is 12.6. The molecule has 3 N–H and O–H groups in total. The number of carboxylic acids is 1.